The second kappa shape index (κ2) is 25.6. The molecule has 408 valence electrons. The molecule has 5 aromatic rings. The van der Waals surface area contributed by atoms with E-state index >= 15 is 0 Å². The molecule has 0 radical (unpaired) electrons. The molecule has 6 N–H and O–H groups in total. The molecule has 77 heavy (non-hydrogen) atoms. The first-order valence-electron chi connectivity index (χ1n) is 26.1. The van der Waals surface area contributed by atoms with Crippen LogP contribution < -0.4 is 52.2 Å². The van der Waals surface area contributed by atoms with E-state index in [1.807, 2.05) is 58.9 Å². The highest BCUT2D eigenvalue weighted by Gasteiger charge is 2.28. The number of hydrogen-bond acceptors (Lipinski definition) is 16. The second-order valence-corrected chi connectivity index (χ2v) is 19.2. The zero-order valence-corrected chi connectivity index (χ0v) is 44.2. The summed E-state index contributed by atoms with van der Waals surface area (Å²) in [6.07, 6.45) is 2.27. The minimum atomic E-state index is -0.229. The first-order valence-corrected chi connectivity index (χ1v) is 26.1. The average molecular weight is 1060 g/mol. The number of ether oxygens (including phenoxy) is 2. The molecule has 3 saturated heterocycles. The summed E-state index contributed by atoms with van der Waals surface area (Å²) in [6, 6.07) is 14.9. The summed E-state index contributed by atoms with van der Waals surface area (Å²) in [7, 11) is 0. The van der Waals surface area contributed by atoms with Crippen molar-refractivity contribution in [1.29, 1.82) is 0 Å². The molecule has 0 spiro atoms. The Morgan fingerprint density at radius 3 is 1.57 bits per heavy atom. The molecule has 0 aliphatic carbocycles. The van der Waals surface area contributed by atoms with Gasteiger partial charge >= 0.3 is 0 Å². The van der Waals surface area contributed by atoms with Crippen molar-refractivity contribution in [2.75, 3.05) is 122 Å². The fraction of sp³-hybridized carbons (Fsp3) is 0.444. The smallest absolute Gasteiger partial charge is 0.255 e. The van der Waals surface area contributed by atoms with E-state index in [1.165, 1.54) is 4.90 Å². The molecule has 5 aliphatic heterocycles. The fourth-order valence-corrected chi connectivity index (χ4v) is 9.74. The number of benzene rings is 2. The third-order valence-corrected chi connectivity index (χ3v) is 13.9. The molecule has 2 aromatic carbocycles. The molecule has 3 fully saturated rings. The molecule has 23 heteroatoms. The number of aryl methyl sites for hydroxylation is 4. The molecule has 8 heterocycles. The number of nitrogens with zero attached hydrogens (tertiary/aromatic N) is 8. The summed E-state index contributed by atoms with van der Waals surface area (Å²) in [5, 5.41) is 8.85. The van der Waals surface area contributed by atoms with Crippen molar-refractivity contribution in [3.05, 3.63) is 131 Å². The number of amides is 4. The molecular formula is C54H68N14O9. The number of rotatable bonds is 12. The van der Waals surface area contributed by atoms with Crippen molar-refractivity contribution in [1.82, 2.24) is 40.1 Å². The number of aromatic nitrogens is 6. The topological polar surface area (TPSA) is 276 Å². The van der Waals surface area contributed by atoms with Gasteiger partial charge in [-0.2, -0.15) is 0 Å². The van der Waals surface area contributed by atoms with Crippen LogP contribution in [-0.4, -0.2) is 150 Å². The molecule has 3 aromatic heterocycles. The molecule has 0 saturated carbocycles. The number of allylic oxidation sites excluding steroid dienone is 1. The summed E-state index contributed by atoms with van der Waals surface area (Å²) in [4.78, 5) is 117. The van der Waals surface area contributed by atoms with Crippen LogP contribution in [-0.2, 0) is 47.9 Å². The number of para-hydroxylation sites is 4. The number of H-pyrrole nitrogens is 3. The number of nitrogens with one attached hydrogen (secondary N) is 6. The van der Waals surface area contributed by atoms with Crippen LogP contribution in [0.5, 0.6) is 0 Å². The average Bonchev–Trinajstić information content (AvgIpc) is 3.42. The maximum Gasteiger partial charge on any atom is 0.255 e. The predicted molar refractivity (Wildman–Crippen MR) is 293 cm³/mol. The Kier molecular flexibility index (Phi) is 18.3. The van der Waals surface area contributed by atoms with Gasteiger partial charge in [-0.3, -0.25) is 43.5 Å². The molecule has 0 bridgehead atoms. The number of aromatic amines is 3. The third kappa shape index (κ3) is 14.0. The molecule has 5 aliphatic rings. The largest absolute Gasteiger partial charge is 0.382 e. The summed E-state index contributed by atoms with van der Waals surface area (Å²) >= 11 is 0. The number of carbonyl (C=O) groups excluding carboxylic acids is 4. The highest BCUT2D eigenvalue weighted by molar-refractivity contribution is 6.10. The molecule has 10 rings (SSSR count). The van der Waals surface area contributed by atoms with Crippen molar-refractivity contribution in [3.63, 3.8) is 0 Å². The standard InChI is InChI=1S/C20H25N5O3.C17H25N5O3.C17H18N4O3/c1-14-15(19(27)23-20(22-14)24-10-12-28-13-11-24)6-7-18(26)25-9-8-21-16-4-2-3-5-17(16)25;1-12(22-6-5-18-15(23)11-22)3-4-14-13(2)19-17(20-16(14)24)21-7-9-25-10-8-21;1-10-12(17(24)19-11(2)18-10)7-8-16(23)21-9-15(22)20-13-5-3-4-6-14(13)21/h2-5,21H,6-13H2,1H3,(H,22,23,27);1,3-11H2,2H3,(H,18,23)(H,19,20,24);3-6H,7-9H2,1-2H3,(H,20,22)(H,18,19,24). The Hall–Kier alpha value is -8.18. The van der Waals surface area contributed by atoms with E-state index in [1.54, 1.807) is 36.9 Å². The van der Waals surface area contributed by atoms with E-state index in [0.717, 1.165) is 48.9 Å². The van der Waals surface area contributed by atoms with Gasteiger partial charge < -0.3 is 54.9 Å². The lowest BCUT2D eigenvalue weighted by Crippen LogP contribution is -2.46. The van der Waals surface area contributed by atoms with Gasteiger partial charge in [-0.15, -0.1) is 0 Å². The van der Waals surface area contributed by atoms with Crippen molar-refractivity contribution in [3.8, 4) is 0 Å². The van der Waals surface area contributed by atoms with E-state index in [0.29, 0.717) is 136 Å². The van der Waals surface area contributed by atoms with Gasteiger partial charge in [0, 0.05) is 105 Å². The van der Waals surface area contributed by atoms with Crippen LogP contribution in [0.2, 0.25) is 0 Å². The van der Waals surface area contributed by atoms with E-state index in [9.17, 15) is 33.6 Å². The van der Waals surface area contributed by atoms with Crippen LogP contribution >= 0.6 is 0 Å². The van der Waals surface area contributed by atoms with E-state index < -0.39 is 0 Å². The van der Waals surface area contributed by atoms with Gasteiger partial charge in [0.25, 0.3) is 16.7 Å². The quantitative estimate of drug-likeness (QED) is 0.105. The second-order valence-electron chi connectivity index (χ2n) is 19.2. The Balaban J connectivity index is 0.000000153. The highest BCUT2D eigenvalue weighted by atomic mass is 16.5. The Morgan fingerprint density at radius 1 is 0.545 bits per heavy atom. The van der Waals surface area contributed by atoms with E-state index in [2.05, 4.69) is 52.4 Å². The van der Waals surface area contributed by atoms with Gasteiger partial charge in [0.15, 0.2) is 0 Å². The number of carbonyl (C=O) groups is 4. The summed E-state index contributed by atoms with van der Waals surface area (Å²) < 4.78 is 10.7. The summed E-state index contributed by atoms with van der Waals surface area (Å²) in [5.41, 5.74) is 7.36. The molecule has 0 unspecified atom stereocenters. The van der Waals surface area contributed by atoms with E-state index in [4.69, 9.17) is 9.47 Å². The zero-order valence-electron chi connectivity index (χ0n) is 44.2. The first kappa shape index (κ1) is 55.1. The van der Waals surface area contributed by atoms with Crippen LogP contribution in [0.25, 0.3) is 0 Å². The Morgan fingerprint density at radius 2 is 1.03 bits per heavy atom. The van der Waals surface area contributed by atoms with Gasteiger partial charge in [0.05, 0.1) is 55.7 Å². The zero-order chi connectivity index (χ0) is 54.6. The molecule has 0 atom stereocenters. The fourth-order valence-electron chi connectivity index (χ4n) is 9.74. The number of piperazine rings is 1. The van der Waals surface area contributed by atoms with Crippen molar-refractivity contribution in [2.24, 2.45) is 0 Å². The maximum absolute atomic E-state index is 12.8. The van der Waals surface area contributed by atoms with Crippen LogP contribution in [0.4, 0.5) is 34.6 Å². The number of morpholine rings is 2. The van der Waals surface area contributed by atoms with Crippen molar-refractivity contribution in [2.45, 2.75) is 66.2 Å². The number of anilines is 6. The minimum Gasteiger partial charge on any atom is -0.382 e. The Bertz CT molecular complexity index is 3160. The number of fused-ring (bicyclic) bond motifs is 2. The summed E-state index contributed by atoms with van der Waals surface area (Å²) in [5.74, 6) is 1.35. The third-order valence-electron chi connectivity index (χ3n) is 13.9. The summed E-state index contributed by atoms with van der Waals surface area (Å²) in [6.45, 7) is 19.7. The molecule has 23 nitrogen and oxygen atoms in total. The van der Waals surface area contributed by atoms with Crippen LogP contribution in [0.3, 0.4) is 0 Å². The van der Waals surface area contributed by atoms with Gasteiger partial charge in [-0.05, 0) is 77.6 Å². The monoisotopic (exact) mass is 1060 g/mol. The van der Waals surface area contributed by atoms with Crippen molar-refractivity contribution >= 4 is 58.3 Å². The van der Waals surface area contributed by atoms with Gasteiger partial charge in [-0.25, -0.2) is 15.0 Å². The minimum absolute atomic E-state index is 0.0120. The lowest BCUT2D eigenvalue weighted by molar-refractivity contribution is -0.123. The highest BCUT2D eigenvalue weighted by Crippen LogP contribution is 2.31. The lowest BCUT2D eigenvalue weighted by atomic mass is 10.1. The molecule has 4 amide bonds. The Labute approximate surface area is 445 Å². The normalized spacial score (nSPS) is 16.1. The predicted octanol–water partition coefficient (Wildman–Crippen LogP) is 2.40. The SMILES string of the molecule is C=C(CCc1c(C)nc(N2CCOCC2)[nH]c1=O)N1CCNC(=O)C1.Cc1nc(C)c(CCC(=O)N2CC(=O)Nc3ccccc32)c(=O)[nH]1.Cc1nc(N2CCOCC2)[nH]c(=O)c1CCC(=O)N1CCNc2ccccc21. The molecular weight excluding hydrogens is 989 g/mol. The van der Waals surface area contributed by atoms with Gasteiger partial charge in [-0.1, -0.05) is 30.8 Å². The van der Waals surface area contributed by atoms with Gasteiger partial charge in [0.1, 0.15) is 12.4 Å². The van der Waals surface area contributed by atoms with Crippen LogP contribution in [0.1, 0.15) is 58.9 Å². The van der Waals surface area contributed by atoms with Crippen molar-refractivity contribution < 1.29 is 28.7 Å². The van der Waals surface area contributed by atoms with Crippen LogP contribution in [0, 0.1) is 27.7 Å². The first-order chi connectivity index (χ1) is 37.1. The van der Waals surface area contributed by atoms with E-state index in [-0.39, 0.29) is 66.1 Å². The number of hydrogen-bond donors (Lipinski definition) is 6. The van der Waals surface area contributed by atoms with Gasteiger partial charge in [0.2, 0.25) is 35.5 Å². The van der Waals surface area contributed by atoms with Crippen LogP contribution in [0.15, 0.2) is 75.2 Å². The lowest BCUT2D eigenvalue weighted by Gasteiger charge is -2.30. The maximum atomic E-state index is 12.8.